The van der Waals surface area contributed by atoms with Gasteiger partial charge >= 0.3 is 0 Å². The first-order valence-corrected chi connectivity index (χ1v) is 11.6. The number of amides is 2. The second-order valence-electron chi connectivity index (χ2n) is 8.53. The zero-order valence-electron chi connectivity index (χ0n) is 17.5. The Bertz CT molecular complexity index is 1320. The number of para-hydroxylation sites is 2. The van der Waals surface area contributed by atoms with Gasteiger partial charge in [-0.1, -0.05) is 76.6 Å². The lowest BCUT2D eigenvalue weighted by Crippen LogP contribution is -2.48. The van der Waals surface area contributed by atoms with Crippen LogP contribution in [0, 0.1) is 11.8 Å². The molecule has 6 rings (SSSR count). The van der Waals surface area contributed by atoms with Crippen molar-refractivity contribution in [2.24, 2.45) is 11.8 Å². The normalized spacial score (nSPS) is 25.1. The maximum absolute atomic E-state index is 13.9. The summed E-state index contributed by atoms with van der Waals surface area (Å²) in [5.41, 5.74) is 2.92. The number of halogens is 1. The van der Waals surface area contributed by atoms with E-state index >= 15 is 0 Å². The number of rotatable bonds is 3. The van der Waals surface area contributed by atoms with Crippen molar-refractivity contribution in [3.8, 4) is 0 Å². The molecule has 3 aromatic carbocycles. The first-order valence-electron chi connectivity index (χ1n) is 10.8. The quantitative estimate of drug-likeness (QED) is 0.387. The van der Waals surface area contributed by atoms with Gasteiger partial charge in [-0.2, -0.15) is 0 Å². The Hall–Kier alpha value is -3.51. The van der Waals surface area contributed by atoms with Crippen molar-refractivity contribution in [3.05, 3.63) is 101 Å². The van der Waals surface area contributed by atoms with Gasteiger partial charge in [-0.3, -0.25) is 14.4 Å². The van der Waals surface area contributed by atoms with Gasteiger partial charge in [-0.25, -0.2) is 4.90 Å². The topological polar surface area (TPSA) is 57.7 Å². The maximum Gasteiger partial charge on any atom is 0.240 e. The highest BCUT2D eigenvalue weighted by Crippen LogP contribution is 2.49. The molecule has 0 bridgehead atoms. The molecule has 0 spiro atoms. The summed E-state index contributed by atoms with van der Waals surface area (Å²) in [6.45, 7) is 0. The molecular formula is C27H19BrN2O3. The van der Waals surface area contributed by atoms with Gasteiger partial charge in [-0.15, -0.1) is 0 Å². The minimum atomic E-state index is -0.766. The first kappa shape index (κ1) is 20.1. The molecule has 162 valence electrons. The molecule has 3 aromatic rings. The molecule has 2 fully saturated rings. The number of fused-ring (bicyclic) bond motifs is 5. The van der Waals surface area contributed by atoms with Crippen LogP contribution >= 0.6 is 15.9 Å². The molecule has 0 radical (unpaired) electrons. The summed E-state index contributed by atoms with van der Waals surface area (Å²) in [7, 11) is 0. The largest absolute Gasteiger partial charge is 0.352 e. The highest BCUT2D eigenvalue weighted by Gasteiger charge is 2.64. The molecule has 5 nitrogen and oxygen atoms in total. The lowest BCUT2D eigenvalue weighted by molar-refractivity contribution is -0.122. The number of hydrogen-bond acceptors (Lipinski definition) is 4. The van der Waals surface area contributed by atoms with E-state index in [2.05, 4.69) is 15.9 Å². The zero-order chi connectivity index (χ0) is 22.7. The maximum atomic E-state index is 13.9. The minimum absolute atomic E-state index is 0.152. The predicted octanol–water partition coefficient (Wildman–Crippen LogP) is 4.72. The number of ketones is 1. The van der Waals surface area contributed by atoms with Crippen molar-refractivity contribution in [1.29, 1.82) is 0 Å². The van der Waals surface area contributed by atoms with Gasteiger partial charge in [0, 0.05) is 15.7 Å². The highest BCUT2D eigenvalue weighted by molar-refractivity contribution is 9.10. The fourth-order valence-electron chi connectivity index (χ4n) is 5.43. The molecule has 0 saturated carbocycles. The summed E-state index contributed by atoms with van der Waals surface area (Å²) in [5, 5.41) is 0. The number of benzene rings is 3. The molecule has 0 aliphatic carbocycles. The fourth-order valence-corrected chi connectivity index (χ4v) is 5.69. The van der Waals surface area contributed by atoms with E-state index in [1.807, 2.05) is 59.5 Å². The van der Waals surface area contributed by atoms with Crippen LogP contribution in [0.1, 0.15) is 15.9 Å². The third kappa shape index (κ3) is 2.94. The Balaban J connectivity index is 1.50. The smallest absolute Gasteiger partial charge is 0.240 e. The van der Waals surface area contributed by atoms with E-state index in [1.165, 1.54) is 4.90 Å². The number of carbonyl (C=O) groups is 3. The van der Waals surface area contributed by atoms with Crippen LogP contribution in [0.3, 0.4) is 0 Å². The SMILES string of the molecule is O=C(c1ccc(Br)cc1)C1C2C(=O)N(c3ccccc3)C(=O)C2C2C=Cc3ccccc3N21. The summed E-state index contributed by atoms with van der Waals surface area (Å²) in [6, 6.07) is 22.8. The van der Waals surface area contributed by atoms with E-state index in [1.54, 1.807) is 36.4 Å². The van der Waals surface area contributed by atoms with E-state index in [0.717, 1.165) is 15.7 Å². The Morgan fingerprint density at radius 1 is 0.788 bits per heavy atom. The van der Waals surface area contributed by atoms with E-state index < -0.39 is 17.9 Å². The Morgan fingerprint density at radius 2 is 1.45 bits per heavy atom. The van der Waals surface area contributed by atoms with Crippen LogP contribution in [0.2, 0.25) is 0 Å². The van der Waals surface area contributed by atoms with Crippen molar-refractivity contribution in [2.45, 2.75) is 12.1 Å². The fraction of sp³-hybridized carbons (Fsp3) is 0.148. The molecule has 3 heterocycles. The van der Waals surface area contributed by atoms with Gasteiger partial charge in [0.2, 0.25) is 11.8 Å². The number of anilines is 2. The average Bonchev–Trinajstić information content (AvgIpc) is 3.32. The molecule has 0 aromatic heterocycles. The molecule has 3 aliphatic heterocycles. The van der Waals surface area contributed by atoms with E-state index in [9.17, 15) is 14.4 Å². The summed E-state index contributed by atoms with van der Waals surface area (Å²) in [6.07, 6.45) is 3.96. The lowest BCUT2D eigenvalue weighted by Gasteiger charge is -2.36. The third-order valence-corrected chi connectivity index (χ3v) is 7.36. The second-order valence-corrected chi connectivity index (χ2v) is 9.45. The van der Waals surface area contributed by atoms with Crippen LogP contribution in [0.15, 0.2) is 89.4 Å². The van der Waals surface area contributed by atoms with Crippen LogP contribution in [0.5, 0.6) is 0 Å². The van der Waals surface area contributed by atoms with Gasteiger partial charge in [0.25, 0.3) is 0 Å². The predicted molar refractivity (Wildman–Crippen MR) is 130 cm³/mol. The second kappa shape index (κ2) is 7.52. The highest BCUT2D eigenvalue weighted by atomic mass is 79.9. The molecule has 6 heteroatoms. The molecule has 3 aliphatic rings. The van der Waals surface area contributed by atoms with Gasteiger partial charge in [0.1, 0.15) is 6.04 Å². The molecule has 33 heavy (non-hydrogen) atoms. The number of carbonyl (C=O) groups excluding carboxylic acids is 3. The van der Waals surface area contributed by atoms with E-state index in [-0.39, 0.29) is 23.6 Å². The molecule has 2 saturated heterocycles. The zero-order valence-corrected chi connectivity index (χ0v) is 19.1. The molecule has 4 unspecified atom stereocenters. The molecular weight excluding hydrogens is 480 g/mol. The van der Waals surface area contributed by atoms with Gasteiger partial charge in [0.05, 0.1) is 23.6 Å². The van der Waals surface area contributed by atoms with Crippen LogP contribution in [0.25, 0.3) is 6.08 Å². The molecule has 4 atom stereocenters. The van der Waals surface area contributed by atoms with Crippen molar-refractivity contribution >= 4 is 51.0 Å². The summed E-state index contributed by atoms with van der Waals surface area (Å²) in [5.74, 6) is -2.09. The Morgan fingerprint density at radius 3 is 2.21 bits per heavy atom. The Kier molecular flexibility index (Phi) is 4.59. The van der Waals surface area contributed by atoms with Crippen molar-refractivity contribution in [1.82, 2.24) is 0 Å². The number of imide groups is 1. The van der Waals surface area contributed by atoms with Crippen LogP contribution in [0.4, 0.5) is 11.4 Å². The van der Waals surface area contributed by atoms with Crippen LogP contribution < -0.4 is 9.80 Å². The summed E-state index contributed by atoms with van der Waals surface area (Å²) >= 11 is 3.41. The molecule has 0 N–H and O–H groups in total. The minimum Gasteiger partial charge on any atom is -0.352 e. The number of Topliss-reactive ketones (excluding diaryl/α,β-unsaturated/α-hetero) is 1. The summed E-state index contributed by atoms with van der Waals surface area (Å²) < 4.78 is 0.870. The van der Waals surface area contributed by atoms with Gasteiger partial charge in [0.15, 0.2) is 5.78 Å². The van der Waals surface area contributed by atoms with E-state index in [4.69, 9.17) is 0 Å². The number of nitrogens with zero attached hydrogens (tertiary/aromatic N) is 2. The third-order valence-electron chi connectivity index (χ3n) is 6.83. The van der Waals surface area contributed by atoms with Gasteiger partial charge in [-0.05, 0) is 35.9 Å². The molecule has 2 amide bonds. The lowest BCUT2D eigenvalue weighted by atomic mass is 9.86. The summed E-state index contributed by atoms with van der Waals surface area (Å²) in [4.78, 5) is 44.5. The standard InChI is InChI=1S/C27H19BrN2O3/c28-18-13-10-17(11-14-18)25(31)24-23-22(21-15-12-16-6-4-5-9-20(16)30(21)24)26(32)29(27(23)33)19-7-2-1-3-8-19/h1-15,21-24H. The van der Waals surface area contributed by atoms with Crippen molar-refractivity contribution in [2.75, 3.05) is 9.80 Å². The first-order chi connectivity index (χ1) is 16.1. The van der Waals surface area contributed by atoms with Crippen molar-refractivity contribution in [3.63, 3.8) is 0 Å². The van der Waals surface area contributed by atoms with Crippen molar-refractivity contribution < 1.29 is 14.4 Å². The Labute approximate surface area is 199 Å². The van der Waals surface area contributed by atoms with Crippen LogP contribution in [-0.2, 0) is 9.59 Å². The van der Waals surface area contributed by atoms with Gasteiger partial charge < -0.3 is 4.90 Å². The van der Waals surface area contributed by atoms with Crippen LogP contribution in [-0.4, -0.2) is 29.7 Å². The average molecular weight is 499 g/mol. The monoisotopic (exact) mass is 498 g/mol. The van der Waals surface area contributed by atoms with E-state index in [0.29, 0.717) is 11.3 Å². The number of hydrogen-bond donors (Lipinski definition) is 0.